The number of nitrogens with one attached hydrogen (secondary N) is 3. The molecule has 1 unspecified atom stereocenters. The minimum Gasteiger partial charge on any atom is -0.372 e. The fourth-order valence-electron chi connectivity index (χ4n) is 3.51. The molecule has 0 bridgehead atoms. The normalized spacial score (nSPS) is 10.5. The second-order valence-corrected chi connectivity index (χ2v) is 7.90. The summed E-state index contributed by atoms with van der Waals surface area (Å²) in [5, 5.41) is 10.3. The molecule has 0 aliphatic heterocycles. The molecule has 37 heavy (non-hydrogen) atoms. The highest BCUT2D eigenvalue weighted by atomic mass is 16.2. The minimum atomic E-state index is -0.701. The molecular weight excluding hydrogens is 468 g/mol. The number of benzene rings is 3. The summed E-state index contributed by atoms with van der Waals surface area (Å²) in [6, 6.07) is 23.2. The molecule has 0 heterocycles. The molecule has 5 N–H and O–H groups in total. The fraction of sp³-hybridized carbons (Fsp3) is 0.310. The second kappa shape index (κ2) is 18.1. The number of amides is 4. The van der Waals surface area contributed by atoms with Gasteiger partial charge >= 0.3 is 0 Å². The highest BCUT2D eigenvalue weighted by Gasteiger charge is 2.16. The van der Waals surface area contributed by atoms with Gasteiger partial charge in [-0.3, -0.25) is 19.2 Å². The lowest BCUT2D eigenvalue weighted by atomic mass is 10.0. The minimum absolute atomic E-state index is 0.148. The number of aryl methyl sites for hydroxylation is 1. The number of nitrogens with two attached hydrogens (primary N) is 1. The predicted octanol–water partition coefficient (Wildman–Crippen LogP) is 3.23. The molecule has 8 heteroatoms. The fourth-order valence-corrected chi connectivity index (χ4v) is 3.51. The van der Waals surface area contributed by atoms with Gasteiger partial charge in [0.25, 0.3) is 0 Å². The Morgan fingerprint density at radius 2 is 1.49 bits per heavy atom. The maximum absolute atomic E-state index is 12.4. The summed E-state index contributed by atoms with van der Waals surface area (Å²) in [5.74, 6) is -0.848. The van der Waals surface area contributed by atoms with E-state index >= 15 is 0 Å². The average molecular weight is 507 g/mol. The van der Waals surface area contributed by atoms with Crippen LogP contribution in [0.1, 0.15) is 44.7 Å². The van der Waals surface area contributed by atoms with Gasteiger partial charge in [-0.05, 0) is 41.7 Å². The van der Waals surface area contributed by atoms with Gasteiger partial charge in [0.05, 0.1) is 6.54 Å². The van der Waals surface area contributed by atoms with Crippen molar-refractivity contribution >= 4 is 34.9 Å². The van der Waals surface area contributed by atoms with Gasteiger partial charge in [-0.15, -0.1) is 0 Å². The van der Waals surface area contributed by atoms with E-state index in [1.807, 2.05) is 86.6 Å². The van der Waals surface area contributed by atoms with Gasteiger partial charge in [0.1, 0.15) is 6.04 Å². The summed E-state index contributed by atoms with van der Waals surface area (Å²) in [6.45, 7) is 5.85. The van der Waals surface area contributed by atoms with Crippen molar-refractivity contribution in [3.8, 4) is 0 Å². The SMILES string of the molecule is CC.CC(NC(=O)CNC(=O)CCCc1ccccc1)C(=O)NCc1cccc2ccccc12.NC=O. The molecule has 0 aliphatic carbocycles. The molecule has 0 saturated heterocycles. The molecule has 0 fully saturated rings. The van der Waals surface area contributed by atoms with Crippen molar-refractivity contribution in [2.24, 2.45) is 5.73 Å². The molecule has 0 spiro atoms. The maximum atomic E-state index is 12.4. The van der Waals surface area contributed by atoms with Crippen molar-refractivity contribution in [1.82, 2.24) is 16.0 Å². The van der Waals surface area contributed by atoms with Crippen LogP contribution in [0.2, 0.25) is 0 Å². The molecule has 3 aromatic carbocycles. The van der Waals surface area contributed by atoms with E-state index in [1.54, 1.807) is 6.92 Å². The first kappa shape index (κ1) is 30.8. The summed E-state index contributed by atoms with van der Waals surface area (Å²) < 4.78 is 0. The monoisotopic (exact) mass is 506 g/mol. The van der Waals surface area contributed by atoms with Gasteiger partial charge in [-0.1, -0.05) is 86.6 Å². The molecule has 0 saturated carbocycles. The Hall–Kier alpha value is -4.20. The zero-order valence-corrected chi connectivity index (χ0v) is 21.8. The summed E-state index contributed by atoms with van der Waals surface area (Å²) >= 11 is 0. The Morgan fingerprint density at radius 1 is 0.865 bits per heavy atom. The third-order valence-corrected chi connectivity index (χ3v) is 5.26. The van der Waals surface area contributed by atoms with Crippen LogP contribution in [-0.4, -0.2) is 36.7 Å². The van der Waals surface area contributed by atoms with Gasteiger partial charge < -0.3 is 21.7 Å². The van der Waals surface area contributed by atoms with E-state index < -0.39 is 11.9 Å². The molecule has 3 aromatic rings. The smallest absolute Gasteiger partial charge is 0.242 e. The molecule has 0 radical (unpaired) electrons. The number of rotatable bonds is 10. The van der Waals surface area contributed by atoms with E-state index in [2.05, 4.69) is 21.7 Å². The van der Waals surface area contributed by atoms with Crippen molar-refractivity contribution in [2.45, 2.75) is 52.6 Å². The topological polar surface area (TPSA) is 130 Å². The van der Waals surface area contributed by atoms with E-state index in [1.165, 1.54) is 5.56 Å². The quantitative estimate of drug-likeness (QED) is 0.315. The van der Waals surface area contributed by atoms with Crippen LogP contribution in [0.3, 0.4) is 0 Å². The van der Waals surface area contributed by atoms with Crippen LogP contribution in [0.25, 0.3) is 10.8 Å². The number of hydrogen-bond acceptors (Lipinski definition) is 4. The van der Waals surface area contributed by atoms with Crippen molar-refractivity contribution in [3.63, 3.8) is 0 Å². The van der Waals surface area contributed by atoms with E-state index in [9.17, 15) is 14.4 Å². The lowest BCUT2D eigenvalue weighted by Gasteiger charge is -2.15. The molecule has 198 valence electrons. The number of hydrogen-bond donors (Lipinski definition) is 4. The third-order valence-electron chi connectivity index (χ3n) is 5.26. The van der Waals surface area contributed by atoms with Gasteiger partial charge in [0, 0.05) is 13.0 Å². The van der Waals surface area contributed by atoms with Gasteiger partial charge in [-0.25, -0.2) is 0 Å². The van der Waals surface area contributed by atoms with Crippen molar-refractivity contribution in [1.29, 1.82) is 0 Å². The Morgan fingerprint density at radius 3 is 2.19 bits per heavy atom. The van der Waals surface area contributed by atoms with Crippen LogP contribution in [0.4, 0.5) is 0 Å². The summed E-state index contributed by atoms with van der Waals surface area (Å²) in [7, 11) is 0. The van der Waals surface area contributed by atoms with Crippen LogP contribution in [0.5, 0.6) is 0 Å². The third kappa shape index (κ3) is 11.9. The first-order chi connectivity index (χ1) is 17.9. The summed E-state index contributed by atoms with van der Waals surface area (Å²) in [4.78, 5) is 45.0. The lowest BCUT2D eigenvalue weighted by molar-refractivity contribution is -0.129. The highest BCUT2D eigenvalue weighted by Crippen LogP contribution is 2.18. The molecule has 4 amide bonds. The average Bonchev–Trinajstić information content (AvgIpc) is 2.92. The Kier molecular flexibility index (Phi) is 15.1. The molecule has 0 aliphatic rings. The summed E-state index contributed by atoms with van der Waals surface area (Å²) in [5.41, 5.74) is 6.36. The van der Waals surface area contributed by atoms with E-state index in [-0.39, 0.29) is 24.8 Å². The van der Waals surface area contributed by atoms with Crippen molar-refractivity contribution < 1.29 is 19.2 Å². The van der Waals surface area contributed by atoms with E-state index in [0.717, 1.165) is 22.8 Å². The standard InChI is InChI=1S/C26H29N3O3.C2H6.CH3NO/c1-19(26(32)28-17-22-14-8-13-21-12-5-6-15-23(21)22)29-25(31)18-27-24(30)16-7-11-20-9-3-2-4-10-20;1-2;2-1-3/h2-6,8-10,12-15,19H,7,11,16-18H2,1H3,(H,27,30)(H,28,32)(H,29,31);1-2H3;1H,(H2,2,3). The van der Waals surface area contributed by atoms with Crippen molar-refractivity contribution in [2.75, 3.05) is 6.54 Å². The van der Waals surface area contributed by atoms with Crippen LogP contribution < -0.4 is 21.7 Å². The van der Waals surface area contributed by atoms with E-state index in [0.29, 0.717) is 19.4 Å². The van der Waals surface area contributed by atoms with Crippen LogP contribution in [-0.2, 0) is 32.1 Å². The first-order valence-electron chi connectivity index (χ1n) is 12.4. The Balaban J connectivity index is 0.00000127. The van der Waals surface area contributed by atoms with Crippen LogP contribution in [0, 0.1) is 0 Å². The van der Waals surface area contributed by atoms with E-state index in [4.69, 9.17) is 4.79 Å². The number of carbonyl (C=O) groups excluding carboxylic acids is 4. The lowest BCUT2D eigenvalue weighted by Crippen LogP contribution is -2.47. The number of primary amides is 1. The van der Waals surface area contributed by atoms with Gasteiger partial charge in [-0.2, -0.15) is 0 Å². The second-order valence-electron chi connectivity index (χ2n) is 7.90. The summed E-state index contributed by atoms with van der Waals surface area (Å²) in [6.07, 6.45) is 2.13. The number of carbonyl (C=O) groups is 4. The Bertz CT molecular complexity index is 1110. The highest BCUT2D eigenvalue weighted by molar-refractivity contribution is 5.90. The van der Waals surface area contributed by atoms with Crippen molar-refractivity contribution in [3.05, 3.63) is 83.9 Å². The first-order valence-corrected chi connectivity index (χ1v) is 12.4. The van der Waals surface area contributed by atoms with Crippen LogP contribution in [0.15, 0.2) is 72.8 Å². The molecule has 0 aromatic heterocycles. The molecule has 8 nitrogen and oxygen atoms in total. The van der Waals surface area contributed by atoms with Crippen LogP contribution >= 0.6 is 0 Å². The largest absolute Gasteiger partial charge is 0.372 e. The Labute approximate surface area is 219 Å². The number of fused-ring (bicyclic) bond motifs is 1. The molecular formula is C29H38N4O4. The molecule has 3 rings (SSSR count). The zero-order chi connectivity index (χ0) is 27.5. The van der Waals surface area contributed by atoms with Gasteiger partial charge in [0.2, 0.25) is 24.1 Å². The zero-order valence-electron chi connectivity index (χ0n) is 21.8. The van der Waals surface area contributed by atoms with Gasteiger partial charge in [0.15, 0.2) is 0 Å². The maximum Gasteiger partial charge on any atom is 0.242 e. The predicted molar refractivity (Wildman–Crippen MR) is 147 cm³/mol. The molecule has 1 atom stereocenters.